The molecule has 0 fully saturated rings. The SMILES string of the molecule is N#Cc1cc(N)c(C(F)(F)F)cc1[N+](=O)[O-]. The van der Waals surface area contributed by atoms with E-state index in [1.165, 1.54) is 6.07 Å². The first kappa shape index (κ1) is 11.8. The molecule has 0 aliphatic heterocycles. The largest absolute Gasteiger partial charge is 0.418 e. The van der Waals surface area contributed by atoms with E-state index >= 15 is 0 Å². The summed E-state index contributed by atoms with van der Waals surface area (Å²) in [7, 11) is 0. The monoisotopic (exact) mass is 231 g/mol. The third-order valence-corrected chi connectivity index (χ3v) is 1.79. The van der Waals surface area contributed by atoms with E-state index in [1.807, 2.05) is 0 Å². The van der Waals surface area contributed by atoms with Crippen LogP contribution in [0.3, 0.4) is 0 Å². The number of hydrogen-bond acceptors (Lipinski definition) is 4. The van der Waals surface area contributed by atoms with Crippen LogP contribution in [0.5, 0.6) is 0 Å². The number of nitriles is 1. The number of hydrogen-bond donors (Lipinski definition) is 1. The van der Waals surface area contributed by atoms with Gasteiger partial charge in [0.15, 0.2) is 0 Å². The lowest BCUT2D eigenvalue weighted by Crippen LogP contribution is -2.10. The number of rotatable bonds is 1. The fourth-order valence-corrected chi connectivity index (χ4v) is 1.09. The molecule has 0 saturated heterocycles. The lowest BCUT2D eigenvalue weighted by Gasteiger charge is -2.09. The summed E-state index contributed by atoms with van der Waals surface area (Å²) in [5, 5.41) is 18.9. The number of nitrogen functional groups attached to an aromatic ring is 1. The van der Waals surface area contributed by atoms with E-state index in [0.717, 1.165) is 0 Å². The standard InChI is InChI=1S/C8H4F3N3O2/c9-8(10,11)5-2-7(14(15)16)4(3-12)1-6(5)13/h1-2H,13H2. The Kier molecular flexibility index (Phi) is 2.72. The smallest absolute Gasteiger partial charge is 0.398 e. The molecule has 0 aliphatic rings. The molecule has 0 amide bonds. The molecule has 0 radical (unpaired) electrons. The van der Waals surface area contributed by atoms with Crippen molar-refractivity contribution in [3.63, 3.8) is 0 Å². The first-order valence-corrected chi connectivity index (χ1v) is 3.82. The van der Waals surface area contributed by atoms with Gasteiger partial charge in [-0.3, -0.25) is 10.1 Å². The molecule has 0 aliphatic carbocycles. The molecule has 16 heavy (non-hydrogen) atoms. The Labute approximate surface area is 87.0 Å². The van der Waals surface area contributed by atoms with Crippen LogP contribution in [-0.4, -0.2) is 4.92 Å². The summed E-state index contributed by atoms with van der Waals surface area (Å²) in [4.78, 5) is 9.36. The molecule has 84 valence electrons. The number of benzene rings is 1. The molecule has 1 rings (SSSR count). The van der Waals surface area contributed by atoms with Gasteiger partial charge >= 0.3 is 6.18 Å². The Bertz CT molecular complexity index is 491. The maximum absolute atomic E-state index is 12.3. The fraction of sp³-hybridized carbons (Fsp3) is 0.125. The molecule has 0 spiro atoms. The second-order valence-electron chi connectivity index (χ2n) is 2.82. The van der Waals surface area contributed by atoms with Crippen molar-refractivity contribution in [1.82, 2.24) is 0 Å². The molecule has 0 unspecified atom stereocenters. The first-order chi connectivity index (χ1) is 7.27. The van der Waals surface area contributed by atoms with Gasteiger partial charge in [0.25, 0.3) is 5.69 Å². The summed E-state index contributed by atoms with van der Waals surface area (Å²) in [5.41, 5.74) is 1.61. The van der Waals surface area contributed by atoms with Crippen molar-refractivity contribution >= 4 is 11.4 Å². The Balaban J connectivity index is 3.53. The topological polar surface area (TPSA) is 93.0 Å². The van der Waals surface area contributed by atoms with E-state index in [9.17, 15) is 23.3 Å². The summed E-state index contributed by atoms with van der Waals surface area (Å²) in [5.74, 6) is 0. The lowest BCUT2D eigenvalue weighted by molar-refractivity contribution is -0.385. The van der Waals surface area contributed by atoms with Gasteiger partial charge in [0, 0.05) is 11.8 Å². The summed E-state index contributed by atoms with van der Waals surface area (Å²) in [6.07, 6.45) is -4.79. The van der Waals surface area contributed by atoms with Gasteiger partial charge in [-0.05, 0) is 6.07 Å². The molecule has 0 bridgehead atoms. The van der Waals surface area contributed by atoms with Crippen molar-refractivity contribution < 1.29 is 18.1 Å². The molecule has 5 nitrogen and oxygen atoms in total. The zero-order valence-electron chi connectivity index (χ0n) is 7.58. The Hall–Kier alpha value is -2.30. The van der Waals surface area contributed by atoms with E-state index in [1.54, 1.807) is 0 Å². The molecule has 1 aromatic carbocycles. The van der Waals surface area contributed by atoms with Crippen LogP contribution in [0.4, 0.5) is 24.5 Å². The van der Waals surface area contributed by atoms with Gasteiger partial charge in [0.05, 0.1) is 10.5 Å². The van der Waals surface area contributed by atoms with Gasteiger partial charge < -0.3 is 5.73 Å². The highest BCUT2D eigenvalue weighted by molar-refractivity contribution is 5.62. The lowest BCUT2D eigenvalue weighted by atomic mass is 10.1. The van der Waals surface area contributed by atoms with Crippen LogP contribution >= 0.6 is 0 Å². The number of nitrogens with zero attached hydrogens (tertiary/aromatic N) is 2. The van der Waals surface area contributed by atoms with E-state index in [-0.39, 0.29) is 6.07 Å². The summed E-state index contributed by atoms with van der Waals surface area (Å²) >= 11 is 0. The third-order valence-electron chi connectivity index (χ3n) is 1.79. The normalized spacial score (nSPS) is 10.9. The maximum Gasteiger partial charge on any atom is 0.418 e. The molecule has 1 aromatic rings. The van der Waals surface area contributed by atoms with Gasteiger partial charge in [-0.15, -0.1) is 0 Å². The van der Waals surface area contributed by atoms with Crippen LogP contribution in [0.2, 0.25) is 0 Å². The molecule has 2 N–H and O–H groups in total. The minimum Gasteiger partial charge on any atom is -0.398 e. The molecule has 0 heterocycles. The highest BCUT2D eigenvalue weighted by Gasteiger charge is 2.35. The van der Waals surface area contributed by atoms with Crippen molar-refractivity contribution in [3.8, 4) is 6.07 Å². The maximum atomic E-state index is 12.3. The van der Waals surface area contributed by atoms with E-state index < -0.39 is 33.6 Å². The fourth-order valence-electron chi connectivity index (χ4n) is 1.09. The van der Waals surface area contributed by atoms with Gasteiger partial charge in [0.2, 0.25) is 0 Å². The molecule has 0 saturated carbocycles. The predicted octanol–water partition coefficient (Wildman–Crippen LogP) is 2.07. The highest BCUT2D eigenvalue weighted by atomic mass is 19.4. The molecule has 0 atom stereocenters. The average molecular weight is 231 g/mol. The van der Waals surface area contributed by atoms with Gasteiger partial charge in [-0.25, -0.2) is 0 Å². The minimum atomic E-state index is -4.79. The molecular weight excluding hydrogens is 227 g/mol. The molecule has 0 aromatic heterocycles. The molecule has 8 heteroatoms. The van der Waals surface area contributed by atoms with Gasteiger partial charge in [-0.1, -0.05) is 0 Å². The van der Waals surface area contributed by atoms with Crippen LogP contribution in [-0.2, 0) is 6.18 Å². The number of nitro groups is 1. The summed E-state index contributed by atoms with van der Waals surface area (Å²) in [6.45, 7) is 0. The van der Waals surface area contributed by atoms with Gasteiger partial charge in [0.1, 0.15) is 11.6 Å². The average Bonchev–Trinajstić information content (AvgIpc) is 2.14. The number of nitro benzene ring substituents is 1. The van der Waals surface area contributed by atoms with Crippen LogP contribution in [0.1, 0.15) is 11.1 Å². The third kappa shape index (κ3) is 2.03. The van der Waals surface area contributed by atoms with E-state index in [2.05, 4.69) is 0 Å². The summed E-state index contributed by atoms with van der Waals surface area (Å²) < 4.78 is 37.0. The van der Waals surface area contributed by atoms with Crippen LogP contribution in [0.15, 0.2) is 12.1 Å². The number of halogens is 3. The number of anilines is 1. The molecular formula is C8H4F3N3O2. The number of nitrogens with two attached hydrogens (primary N) is 1. The van der Waals surface area contributed by atoms with E-state index in [4.69, 9.17) is 11.0 Å². The van der Waals surface area contributed by atoms with Crippen molar-refractivity contribution in [2.24, 2.45) is 0 Å². The zero-order chi connectivity index (χ0) is 12.5. The van der Waals surface area contributed by atoms with Gasteiger partial charge in [-0.2, -0.15) is 18.4 Å². The van der Waals surface area contributed by atoms with Crippen molar-refractivity contribution in [2.45, 2.75) is 6.18 Å². The number of alkyl halides is 3. The Morgan fingerprint density at radius 1 is 1.44 bits per heavy atom. The van der Waals surface area contributed by atoms with Crippen molar-refractivity contribution in [1.29, 1.82) is 5.26 Å². The second kappa shape index (κ2) is 3.69. The quantitative estimate of drug-likeness (QED) is 0.454. The van der Waals surface area contributed by atoms with Crippen molar-refractivity contribution in [2.75, 3.05) is 5.73 Å². The Morgan fingerprint density at radius 2 is 2.00 bits per heavy atom. The van der Waals surface area contributed by atoms with Crippen LogP contribution in [0, 0.1) is 21.4 Å². The zero-order valence-corrected chi connectivity index (χ0v) is 7.58. The van der Waals surface area contributed by atoms with Crippen LogP contribution in [0.25, 0.3) is 0 Å². The second-order valence-corrected chi connectivity index (χ2v) is 2.82. The summed E-state index contributed by atoms with van der Waals surface area (Å²) in [6, 6.07) is 2.31. The highest BCUT2D eigenvalue weighted by Crippen LogP contribution is 2.37. The Morgan fingerprint density at radius 3 is 2.38 bits per heavy atom. The van der Waals surface area contributed by atoms with Crippen molar-refractivity contribution in [3.05, 3.63) is 33.4 Å². The predicted molar refractivity (Wildman–Crippen MR) is 47.2 cm³/mol. The minimum absolute atomic E-state index is 0.258. The van der Waals surface area contributed by atoms with Crippen LogP contribution < -0.4 is 5.73 Å². The van der Waals surface area contributed by atoms with E-state index in [0.29, 0.717) is 6.07 Å². The first-order valence-electron chi connectivity index (χ1n) is 3.82.